The molecule has 0 radical (unpaired) electrons. The highest BCUT2D eigenvalue weighted by Crippen LogP contribution is 2.40. The number of nitrogens with two attached hydrogens (primary N) is 1. The van der Waals surface area contributed by atoms with Gasteiger partial charge in [0.2, 0.25) is 5.91 Å². The molecule has 1 aromatic carbocycles. The smallest absolute Gasteiger partial charge is 0.220 e. The van der Waals surface area contributed by atoms with Gasteiger partial charge in [-0.15, -0.1) is 0 Å². The number of benzene rings is 1. The number of aromatic hydroxyl groups is 1. The maximum Gasteiger partial charge on any atom is 0.220 e. The summed E-state index contributed by atoms with van der Waals surface area (Å²) in [4.78, 5) is 12.3. The number of phenols is 1. The molecule has 0 heterocycles. The molecule has 0 aliphatic carbocycles. The second-order valence-electron chi connectivity index (χ2n) is 13.9. The Labute approximate surface area is 236 Å². The van der Waals surface area contributed by atoms with Crippen molar-refractivity contribution >= 4 is 5.91 Å². The predicted octanol–water partition coefficient (Wildman–Crippen LogP) is 10.3. The van der Waals surface area contributed by atoms with Gasteiger partial charge in [-0.05, 0) is 40.4 Å². The second-order valence-corrected chi connectivity index (χ2v) is 13.9. The number of amides is 1. The molecular formula is C35H63NO2. The zero-order valence-electron chi connectivity index (χ0n) is 26.4. The Morgan fingerprint density at radius 2 is 1.03 bits per heavy atom. The molecule has 0 fully saturated rings. The van der Waals surface area contributed by atoms with E-state index in [9.17, 15) is 9.90 Å². The Morgan fingerprint density at radius 3 is 1.34 bits per heavy atom. The van der Waals surface area contributed by atoms with Crippen LogP contribution in [-0.2, 0) is 22.0 Å². The summed E-state index contributed by atoms with van der Waals surface area (Å²) in [5.74, 6) is 0.0441. The number of unbranched alkanes of at least 4 members (excludes halogenated alkanes) is 15. The molecule has 0 aromatic heterocycles. The van der Waals surface area contributed by atoms with E-state index >= 15 is 0 Å². The molecular weight excluding hydrogens is 466 g/mol. The average Bonchev–Trinajstić information content (AvgIpc) is 2.82. The largest absolute Gasteiger partial charge is 0.507 e. The minimum atomic E-state index is -0.200. The normalized spacial score (nSPS) is 13.1. The molecule has 0 aliphatic rings. The number of hydrogen-bond acceptors (Lipinski definition) is 2. The van der Waals surface area contributed by atoms with Crippen LogP contribution in [0, 0.1) is 5.92 Å². The molecule has 1 amide bonds. The highest BCUT2D eigenvalue weighted by molar-refractivity contribution is 5.77. The van der Waals surface area contributed by atoms with E-state index in [-0.39, 0.29) is 22.7 Å². The van der Waals surface area contributed by atoms with Gasteiger partial charge < -0.3 is 10.8 Å². The summed E-state index contributed by atoms with van der Waals surface area (Å²) in [5, 5.41) is 11.0. The second kappa shape index (κ2) is 18.0. The number of phenolic OH excluding ortho intramolecular Hbond substituents is 1. The minimum absolute atomic E-state index is 0.146. The summed E-state index contributed by atoms with van der Waals surface area (Å²) in [6.07, 6.45) is 23.1. The van der Waals surface area contributed by atoms with Gasteiger partial charge in [-0.3, -0.25) is 4.79 Å². The van der Waals surface area contributed by atoms with Crippen molar-refractivity contribution in [1.82, 2.24) is 0 Å². The number of carbonyl (C=O) groups is 1. The Kier molecular flexibility index (Phi) is 16.3. The molecule has 3 heteroatoms. The summed E-state index contributed by atoms with van der Waals surface area (Å²) in [5.41, 5.74) is 8.51. The molecule has 3 N–H and O–H groups in total. The van der Waals surface area contributed by atoms with Gasteiger partial charge >= 0.3 is 0 Å². The van der Waals surface area contributed by atoms with Crippen molar-refractivity contribution in [2.45, 2.75) is 175 Å². The van der Waals surface area contributed by atoms with Gasteiger partial charge in [0.25, 0.3) is 0 Å². The molecule has 0 spiro atoms. The first kappa shape index (κ1) is 34.5. The van der Waals surface area contributed by atoms with Gasteiger partial charge in [0.15, 0.2) is 0 Å². The van der Waals surface area contributed by atoms with Crippen LogP contribution in [0.5, 0.6) is 5.75 Å². The number of rotatable bonds is 20. The lowest BCUT2D eigenvalue weighted by molar-refractivity contribution is -0.122. The van der Waals surface area contributed by atoms with E-state index in [1.807, 2.05) is 0 Å². The summed E-state index contributed by atoms with van der Waals surface area (Å²) in [7, 11) is 0. The molecule has 38 heavy (non-hydrogen) atoms. The topological polar surface area (TPSA) is 63.3 Å². The zero-order chi connectivity index (χ0) is 28.6. The van der Waals surface area contributed by atoms with Gasteiger partial charge in [0.05, 0.1) is 0 Å². The van der Waals surface area contributed by atoms with E-state index in [1.165, 1.54) is 96.3 Å². The van der Waals surface area contributed by atoms with Crippen LogP contribution in [0.2, 0.25) is 0 Å². The summed E-state index contributed by atoms with van der Waals surface area (Å²) in [6, 6.07) is 4.18. The third-order valence-corrected chi connectivity index (χ3v) is 8.08. The molecule has 220 valence electrons. The monoisotopic (exact) mass is 529 g/mol. The number of carbonyl (C=O) groups excluding carboxylic acids is 1. The SMILES string of the molecule is CCCCCCCCCCCCCCCCCCC(Cc1cc(C(C)(C)C)c(O)c(C(C)(C)C)c1)C(N)=O. The third-order valence-electron chi connectivity index (χ3n) is 8.08. The Bertz CT molecular complexity index is 749. The Morgan fingerprint density at radius 1 is 0.684 bits per heavy atom. The van der Waals surface area contributed by atoms with Crippen LogP contribution in [0.1, 0.15) is 174 Å². The fourth-order valence-electron chi connectivity index (χ4n) is 5.52. The zero-order valence-corrected chi connectivity index (χ0v) is 26.4. The highest BCUT2D eigenvalue weighted by Gasteiger charge is 2.27. The van der Waals surface area contributed by atoms with Crippen molar-refractivity contribution in [3.63, 3.8) is 0 Å². The Balaban J connectivity index is 2.35. The van der Waals surface area contributed by atoms with E-state index in [0.29, 0.717) is 12.2 Å². The summed E-state index contributed by atoms with van der Waals surface area (Å²) >= 11 is 0. The van der Waals surface area contributed by atoms with Gasteiger partial charge in [-0.1, -0.05) is 163 Å². The van der Waals surface area contributed by atoms with Crippen molar-refractivity contribution in [3.05, 3.63) is 28.8 Å². The average molecular weight is 530 g/mol. The quantitative estimate of drug-likeness (QED) is 0.165. The van der Waals surface area contributed by atoms with Gasteiger partial charge in [0.1, 0.15) is 5.75 Å². The standard InChI is InChI=1S/C35H63NO2/c1-8-9-10-11-12-13-14-15-16-17-18-19-20-21-22-23-24-29(33(36)38)25-28-26-30(34(2,3)4)32(37)31(27-28)35(5,6)7/h26-27,29,37H,8-25H2,1-7H3,(H2,36,38). The van der Waals surface area contributed by atoms with Gasteiger partial charge in [-0.2, -0.15) is 0 Å². The molecule has 1 aromatic rings. The molecule has 1 rings (SSSR count). The van der Waals surface area contributed by atoms with Crippen molar-refractivity contribution in [1.29, 1.82) is 0 Å². The summed E-state index contributed by atoms with van der Waals surface area (Å²) < 4.78 is 0. The molecule has 1 atom stereocenters. The predicted molar refractivity (Wildman–Crippen MR) is 166 cm³/mol. The highest BCUT2D eigenvalue weighted by atomic mass is 16.3. The van der Waals surface area contributed by atoms with E-state index in [1.54, 1.807) is 0 Å². The summed E-state index contributed by atoms with van der Waals surface area (Å²) in [6.45, 7) is 15.0. The van der Waals surface area contributed by atoms with E-state index in [4.69, 9.17) is 5.73 Å². The van der Waals surface area contributed by atoms with Crippen molar-refractivity contribution in [2.24, 2.45) is 11.7 Å². The lowest BCUT2D eigenvalue weighted by atomic mass is 9.77. The van der Waals surface area contributed by atoms with Crippen LogP contribution in [0.25, 0.3) is 0 Å². The molecule has 0 saturated heterocycles. The lowest BCUT2D eigenvalue weighted by Crippen LogP contribution is -2.26. The van der Waals surface area contributed by atoms with E-state index in [0.717, 1.165) is 29.5 Å². The maximum atomic E-state index is 12.3. The molecule has 0 aliphatic heterocycles. The lowest BCUT2D eigenvalue weighted by Gasteiger charge is -2.28. The molecule has 1 unspecified atom stereocenters. The van der Waals surface area contributed by atoms with Crippen molar-refractivity contribution < 1.29 is 9.90 Å². The van der Waals surface area contributed by atoms with Gasteiger partial charge in [-0.25, -0.2) is 0 Å². The first-order chi connectivity index (χ1) is 17.9. The van der Waals surface area contributed by atoms with Crippen LogP contribution in [-0.4, -0.2) is 11.0 Å². The van der Waals surface area contributed by atoms with Crippen LogP contribution in [0.3, 0.4) is 0 Å². The number of primary amides is 1. The number of hydrogen-bond donors (Lipinski definition) is 2. The fraction of sp³-hybridized carbons (Fsp3) is 0.800. The molecule has 0 bridgehead atoms. The van der Waals surface area contributed by atoms with Crippen LogP contribution >= 0.6 is 0 Å². The van der Waals surface area contributed by atoms with Crippen molar-refractivity contribution in [3.8, 4) is 5.75 Å². The van der Waals surface area contributed by atoms with E-state index < -0.39 is 0 Å². The van der Waals surface area contributed by atoms with E-state index in [2.05, 4.69) is 60.6 Å². The van der Waals surface area contributed by atoms with Crippen LogP contribution < -0.4 is 5.73 Å². The third kappa shape index (κ3) is 14.0. The first-order valence-corrected chi connectivity index (χ1v) is 16.0. The molecule has 3 nitrogen and oxygen atoms in total. The Hall–Kier alpha value is -1.51. The van der Waals surface area contributed by atoms with Crippen LogP contribution in [0.15, 0.2) is 12.1 Å². The first-order valence-electron chi connectivity index (χ1n) is 16.0. The van der Waals surface area contributed by atoms with Gasteiger partial charge in [0, 0.05) is 5.92 Å². The maximum absolute atomic E-state index is 12.3. The minimum Gasteiger partial charge on any atom is -0.507 e. The molecule has 0 saturated carbocycles. The van der Waals surface area contributed by atoms with Crippen molar-refractivity contribution in [2.75, 3.05) is 0 Å². The van der Waals surface area contributed by atoms with Crippen LogP contribution in [0.4, 0.5) is 0 Å². The fourth-order valence-corrected chi connectivity index (χ4v) is 5.52.